The van der Waals surface area contributed by atoms with Crippen LogP contribution in [0.15, 0.2) is 41.4 Å². The van der Waals surface area contributed by atoms with Crippen molar-refractivity contribution in [3.8, 4) is 0 Å². The molecule has 0 heterocycles. The Morgan fingerprint density at radius 1 is 1.00 bits per heavy atom. The average Bonchev–Trinajstić information content (AvgIpc) is 2.69. The first-order valence-electron chi connectivity index (χ1n) is 10.0. The first-order chi connectivity index (χ1) is 15.5. The monoisotopic (exact) mass is 502 g/mol. The molecule has 0 spiro atoms. The second-order valence-electron chi connectivity index (χ2n) is 7.76. The number of hydrogen-bond donors (Lipinski definition) is 3. The average molecular weight is 503 g/mol. The molecule has 1 aliphatic carbocycles. The molecule has 7 nitrogen and oxygen atoms in total. The van der Waals surface area contributed by atoms with Gasteiger partial charge in [0.2, 0.25) is 16.0 Å². The highest BCUT2D eigenvalue weighted by atomic mass is 35.5. The molecule has 0 aromatic heterocycles. The van der Waals surface area contributed by atoms with Gasteiger partial charge >= 0.3 is 0 Å². The fraction of sp³-hybridized carbons (Fsp3) is 0.333. The Morgan fingerprint density at radius 2 is 1.67 bits per heavy atom. The molecule has 3 N–H and O–H groups in total. The first-order valence-corrected chi connectivity index (χ1v) is 12.3. The van der Waals surface area contributed by atoms with Crippen LogP contribution in [0.4, 0.5) is 18.9 Å². The third-order valence-corrected chi connectivity index (χ3v) is 5.93. The Balaban J connectivity index is 1.79. The number of nitrogens with zero attached hydrogens (tertiary/aromatic N) is 1. The number of guanidine groups is 1. The van der Waals surface area contributed by atoms with E-state index >= 15 is 0 Å². The molecule has 178 valence electrons. The number of halogens is 4. The van der Waals surface area contributed by atoms with Gasteiger partial charge < -0.3 is 10.6 Å². The van der Waals surface area contributed by atoms with Gasteiger partial charge in [0.15, 0.2) is 11.6 Å². The number of carbonyl (C=O) groups is 1. The van der Waals surface area contributed by atoms with Crippen LogP contribution in [0.5, 0.6) is 0 Å². The van der Waals surface area contributed by atoms with Crippen molar-refractivity contribution in [2.24, 2.45) is 4.99 Å². The van der Waals surface area contributed by atoms with Crippen LogP contribution in [0.3, 0.4) is 0 Å². The quantitative estimate of drug-likeness (QED) is 0.426. The summed E-state index contributed by atoms with van der Waals surface area (Å²) in [5.74, 6) is -3.78. The van der Waals surface area contributed by atoms with E-state index in [0.29, 0.717) is 25.7 Å². The molecule has 2 aromatic carbocycles. The summed E-state index contributed by atoms with van der Waals surface area (Å²) in [7, 11) is -3.32. The van der Waals surface area contributed by atoms with E-state index in [0.717, 1.165) is 36.6 Å². The molecular formula is C21H22ClF3N4O3S. The number of benzene rings is 2. The highest BCUT2D eigenvalue weighted by Gasteiger charge is 2.24. The maximum absolute atomic E-state index is 13.7. The molecule has 33 heavy (non-hydrogen) atoms. The Kier molecular flexibility index (Phi) is 7.98. The highest BCUT2D eigenvalue weighted by Crippen LogP contribution is 2.21. The lowest BCUT2D eigenvalue weighted by Crippen LogP contribution is -2.45. The largest absolute Gasteiger partial charge is 0.353 e. The van der Waals surface area contributed by atoms with Crippen molar-refractivity contribution >= 4 is 39.2 Å². The molecule has 0 aliphatic heterocycles. The fourth-order valence-corrected chi connectivity index (χ4v) is 4.57. The van der Waals surface area contributed by atoms with Crippen LogP contribution in [0.25, 0.3) is 0 Å². The minimum atomic E-state index is -3.32. The minimum absolute atomic E-state index is 0.0362. The zero-order valence-electron chi connectivity index (χ0n) is 17.5. The number of anilines is 1. The Morgan fingerprint density at radius 3 is 2.27 bits per heavy atom. The van der Waals surface area contributed by atoms with Crippen LogP contribution in [0.1, 0.15) is 36.0 Å². The summed E-state index contributed by atoms with van der Waals surface area (Å²) in [6.45, 7) is 0. The minimum Gasteiger partial charge on any atom is -0.353 e. The molecule has 12 heteroatoms. The topological polar surface area (TPSA) is 99.7 Å². The summed E-state index contributed by atoms with van der Waals surface area (Å²) in [6.07, 6.45) is 3.34. The van der Waals surface area contributed by atoms with Crippen LogP contribution in [-0.4, -0.2) is 38.6 Å². The second kappa shape index (κ2) is 10.5. The van der Waals surface area contributed by atoms with E-state index in [9.17, 15) is 26.4 Å². The van der Waals surface area contributed by atoms with Crippen molar-refractivity contribution in [2.45, 2.75) is 37.8 Å². The van der Waals surface area contributed by atoms with Crippen molar-refractivity contribution in [3.63, 3.8) is 0 Å². The second-order valence-corrected chi connectivity index (χ2v) is 9.98. The van der Waals surface area contributed by atoms with Gasteiger partial charge in [-0.1, -0.05) is 11.6 Å². The summed E-state index contributed by atoms with van der Waals surface area (Å²) in [4.78, 5) is 16.5. The molecular weight excluding hydrogens is 481 g/mol. The summed E-state index contributed by atoms with van der Waals surface area (Å²) in [5, 5.41) is 5.98. The van der Waals surface area contributed by atoms with Gasteiger partial charge in [-0.05, 0) is 62.1 Å². The zero-order valence-corrected chi connectivity index (χ0v) is 19.1. The maximum atomic E-state index is 13.7. The molecule has 0 unspecified atom stereocenters. The molecule has 1 aliphatic rings. The fourth-order valence-electron chi connectivity index (χ4n) is 3.51. The number of hydrogen-bond acceptors (Lipinski definition) is 3. The normalized spacial score (nSPS) is 19.2. The van der Waals surface area contributed by atoms with Crippen LogP contribution in [0, 0.1) is 17.5 Å². The van der Waals surface area contributed by atoms with Gasteiger partial charge in [-0.3, -0.25) is 4.79 Å². The zero-order chi connectivity index (χ0) is 24.2. The van der Waals surface area contributed by atoms with E-state index in [2.05, 4.69) is 20.3 Å². The molecule has 1 saturated carbocycles. The van der Waals surface area contributed by atoms with Crippen LogP contribution in [-0.2, 0) is 10.0 Å². The van der Waals surface area contributed by atoms with Crippen molar-refractivity contribution in [1.29, 1.82) is 0 Å². The first kappa shape index (κ1) is 25.0. The summed E-state index contributed by atoms with van der Waals surface area (Å²) in [5.41, 5.74) is 0.0464. The van der Waals surface area contributed by atoms with Crippen LogP contribution < -0.4 is 15.4 Å². The molecule has 1 fully saturated rings. The van der Waals surface area contributed by atoms with Crippen molar-refractivity contribution < 1.29 is 26.4 Å². The van der Waals surface area contributed by atoms with Gasteiger partial charge in [-0.15, -0.1) is 0 Å². The van der Waals surface area contributed by atoms with E-state index in [1.54, 1.807) is 0 Å². The number of amides is 1. The number of sulfonamides is 1. The molecule has 0 bridgehead atoms. The Labute approximate surface area is 194 Å². The third kappa shape index (κ3) is 7.72. The number of rotatable bonds is 5. The summed E-state index contributed by atoms with van der Waals surface area (Å²) in [6, 6.07) is 5.98. The van der Waals surface area contributed by atoms with Gasteiger partial charge in [0.05, 0.1) is 6.26 Å². The maximum Gasteiger partial charge on any atom is 0.280 e. The molecule has 0 radical (unpaired) electrons. The van der Waals surface area contributed by atoms with E-state index in [4.69, 9.17) is 11.6 Å². The predicted octanol–water partition coefficient (Wildman–Crippen LogP) is 3.82. The molecule has 3 rings (SSSR count). The summed E-state index contributed by atoms with van der Waals surface area (Å²) < 4.78 is 65.9. The van der Waals surface area contributed by atoms with E-state index in [1.165, 1.54) is 6.07 Å². The van der Waals surface area contributed by atoms with Crippen molar-refractivity contribution in [2.75, 3.05) is 11.6 Å². The summed E-state index contributed by atoms with van der Waals surface area (Å²) >= 11 is 5.89. The number of carbonyl (C=O) groups excluding carboxylic acids is 1. The van der Waals surface area contributed by atoms with E-state index < -0.39 is 33.4 Å². The standard InChI is InChI=1S/C21H22ClF3N4O3S/c1-33(31,32)29-16-5-3-15(4-6-16)26-21(27-17-10-13(22)9-14(23)11-17)28-20(30)12-2-7-18(24)19(25)8-12/h2,7-11,15-16,29H,3-6H2,1H3,(H2,26,27,28,30)/t15-,16-. The Bertz CT molecular complexity index is 1150. The lowest BCUT2D eigenvalue weighted by Gasteiger charge is -2.30. The van der Waals surface area contributed by atoms with Crippen molar-refractivity contribution in [3.05, 3.63) is 64.4 Å². The predicted molar refractivity (Wildman–Crippen MR) is 120 cm³/mol. The smallest absolute Gasteiger partial charge is 0.280 e. The van der Waals surface area contributed by atoms with Gasteiger partial charge in [0, 0.05) is 28.4 Å². The molecule has 0 saturated heterocycles. The SMILES string of the molecule is CS(=O)(=O)N[C@H]1CC[C@H](N/C(=N/C(=O)c2ccc(F)c(F)c2)Nc2cc(F)cc(Cl)c2)CC1. The highest BCUT2D eigenvalue weighted by molar-refractivity contribution is 7.88. The van der Waals surface area contributed by atoms with Crippen LogP contribution in [0.2, 0.25) is 5.02 Å². The van der Waals surface area contributed by atoms with E-state index in [-0.39, 0.29) is 34.3 Å². The lowest BCUT2D eigenvalue weighted by atomic mass is 9.92. The molecule has 1 amide bonds. The van der Waals surface area contributed by atoms with Gasteiger partial charge in [0.1, 0.15) is 5.82 Å². The number of aliphatic imine (C=N–C) groups is 1. The van der Waals surface area contributed by atoms with E-state index in [1.807, 2.05) is 0 Å². The lowest BCUT2D eigenvalue weighted by molar-refractivity contribution is 0.100. The molecule has 2 aromatic rings. The van der Waals surface area contributed by atoms with Crippen LogP contribution >= 0.6 is 11.6 Å². The molecule has 0 atom stereocenters. The third-order valence-electron chi connectivity index (χ3n) is 4.95. The van der Waals surface area contributed by atoms with Crippen molar-refractivity contribution in [1.82, 2.24) is 10.0 Å². The van der Waals surface area contributed by atoms with Gasteiger partial charge in [-0.25, -0.2) is 26.3 Å². The van der Waals surface area contributed by atoms with Gasteiger partial charge in [0.25, 0.3) is 5.91 Å². The number of nitrogens with one attached hydrogen (secondary N) is 3. The Hall–Kier alpha value is -2.63. The van der Waals surface area contributed by atoms with Gasteiger partial charge in [-0.2, -0.15) is 4.99 Å².